The first kappa shape index (κ1) is 17.7. The molecule has 5 rings (SSSR count). The van der Waals surface area contributed by atoms with Gasteiger partial charge in [-0.05, 0) is 66.0 Å². The van der Waals surface area contributed by atoms with Crippen molar-refractivity contribution < 1.29 is 8.78 Å². The minimum atomic E-state index is -0.333. The van der Waals surface area contributed by atoms with Gasteiger partial charge >= 0.3 is 0 Å². The summed E-state index contributed by atoms with van der Waals surface area (Å²) >= 11 is 1.09. The minimum absolute atomic E-state index is 0.174. The Kier molecular flexibility index (Phi) is 4.21. The van der Waals surface area contributed by atoms with Crippen LogP contribution in [0.3, 0.4) is 0 Å². The van der Waals surface area contributed by atoms with Gasteiger partial charge in [0.2, 0.25) is 0 Å². The average Bonchev–Trinajstić information content (AvgIpc) is 3.33. The Hall–Kier alpha value is -3.39. The van der Waals surface area contributed by atoms with E-state index in [1.54, 1.807) is 18.2 Å². The molecular weight excluding hydrogens is 394 g/mol. The van der Waals surface area contributed by atoms with Crippen LogP contribution in [-0.4, -0.2) is 18.9 Å². The number of H-pyrrole nitrogens is 1. The fourth-order valence-electron chi connectivity index (χ4n) is 3.41. The molecular formula is C21H14F2N4OS. The Labute approximate surface area is 167 Å². The molecule has 144 valence electrons. The quantitative estimate of drug-likeness (QED) is 0.476. The summed E-state index contributed by atoms with van der Waals surface area (Å²) in [5, 5.41) is 0.809. The van der Waals surface area contributed by atoms with Crippen molar-refractivity contribution in [3.8, 4) is 11.3 Å². The van der Waals surface area contributed by atoms with Crippen LogP contribution >= 0.6 is 11.5 Å². The monoisotopic (exact) mass is 408 g/mol. The predicted molar refractivity (Wildman–Crippen MR) is 109 cm³/mol. The molecule has 8 heteroatoms. The third-order valence-corrected chi connectivity index (χ3v) is 5.74. The lowest BCUT2D eigenvalue weighted by Gasteiger charge is -2.05. The Balaban J connectivity index is 1.47. The van der Waals surface area contributed by atoms with Crippen LogP contribution in [0.25, 0.3) is 32.4 Å². The number of aromatic amines is 1. The lowest BCUT2D eigenvalue weighted by atomic mass is 10.1. The van der Waals surface area contributed by atoms with Crippen molar-refractivity contribution in [1.29, 1.82) is 0 Å². The van der Waals surface area contributed by atoms with Gasteiger partial charge in [-0.3, -0.25) is 9.36 Å². The number of benzene rings is 2. The van der Waals surface area contributed by atoms with Crippen LogP contribution in [0.1, 0.15) is 5.56 Å². The van der Waals surface area contributed by atoms with Crippen molar-refractivity contribution in [2.75, 3.05) is 0 Å². The Morgan fingerprint density at radius 3 is 2.69 bits per heavy atom. The van der Waals surface area contributed by atoms with Gasteiger partial charge in [-0.1, -0.05) is 0 Å². The van der Waals surface area contributed by atoms with Crippen LogP contribution in [0.5, 0.6) is 0 Å². The van der Waals surface area contributed by atoms with Gasteiger partial charge in [0.1, 0.15) is 27.5 Å². The number of hydrogen-bond donors (Lipinski definition) is 1. The molecule has 5 aromatic rings. The fraction of sp³-hybridized carbons (Fsp3) is 0.0952. The normalized spacial score (nSPS) is 11.5. The lowest BCUT2D eigenvalue weighted by molar-refractivity contribution is 0.628. The number of aryl methyl sites for hydroxylation is 2. The van der Waals surface area contributed by atoms with E-state index in [4.69, 9.17) is 0 Å². The smallest absolute Gasteiger partial charge is 0.272 e. The van der Waals surface area contributed by atoms with Crippen molar-refractivity contribution in [2.45, 2.75) is 13.0 Å². The average molecular weight is 408 g/mol. The van der Waals surface area contributed by atoms with Crippen LogP contribution in [0.4, 0.5) is 8.78 Å². The molecule has 0 fully saturated rings. The molecule has 0 atom stereocenters. The number of nitrogens with zero attached hydrogens (tertiary/aromatic N) is 3. The van der Waals surface area contributed by atoms with E-state index in [-0.39, 0.29) is 17.2 Å². The summed E-state index contributed by atoms with van der Waals surface area (Å²) in [5.41, 5.74) is 3.41. The van der Waals surface area contributed by atoms with Gasteiger partial charge in [0.25, 0.3) is 5.56 Å². The molecule has 0 unspecified atom stereocenters. The highest BCUT2D eigenvalue weighted by atomic mass is 32.1. The molecule has 0 bridgehead atoms. The van der Waals surface area contributed by atoms with Crippen molar-refractivity contribution in [1.82, 2.24) is 18.9 Å². The van der Waals surface area contributed by atoms with Gasteiger partial charge in [-0.2, -0.15) is 4.37 Å². The summed E-state index contributed by atoms with van der Waals surface area (Å²) < 4.78 is 33.1. The molecule has 0 spiro atoms. The minimum Gasteiger partial charge on any atom is -0.361 e. The van der Waals surface area contributed by atoms with Gasteiger partial charge in [0.15, 0.2) is 0 Å². The molecule has 0 amide bonds. The number of aromatic nitrogens is 4. The molecule has 3 heterocycles. The summed E-state index contributed by atoms with van der Waals surface area (Å²) in [7, 11) is 0. The SMILES string of the molecule is O=c1c2snc(-c3ccc(F)cc3)c2ncn1CCc1c[nH]c2ccc(F)cc12. The van der Waals surface area contributed by atoms with E-state index in [0.717, 1.165) is 28.0 Å². The molecule has 29 heavy (non-hydrogen) atoms. The highest BCUT2D eigenvalue weighted by Gasteiger charge is 2.15. The van der Waals surface area contributed by atoms with Crippen LogP contribution in [0.15, 0.2) is 59.8 Å². The van der Waals surface area contributed by atoms with E-state index in [1.807, 2.05) is 6.20 Å². The van der Waals surface area contributed by atoms with Crippen LogP contribution in [0, 0.1) is 11.6 Å². The van der Waals surface area contributed by atoms with Gasteiger partial charge in [-0.15, -0.1) is 0 Å². The molecule has 3 aromatic heterocycles. The molecule has 1 N–H and O–H groups in total. The summed E-state index contributed by atoms with van der Waals surface area (Å²) in [6, 6.07) is 10.5. The third-order valence-electron chi connectivity index (χ3n) is 4.92. The maximum Gasteiger partial charge on any atom is 0.272 e. The van der Waals surface area contributed by atoms with E-state index in [0.29, 0.717) is 34.4 Å². The van der Waals surface area contributed by atoms with Gasteiger partial charge in [0, 0.05) is 29.2 Å². The largest absolute Gasteiger partial charge is 0.361 e. The lowest BCUT2D eigenvalue weighted by Crippen LogP contribution is -2.20. The first-order valence-corrected chi connectivity index (χ1v) is 9.74. The highest BCUT2D eigenvalue weighted by Crippen LogP contribution is 2.27. The molecule has 0 aliphatic rings. The van der Waals surface area contributed by atoms with Crippen LogP contribution < -0.4 is 5.56 Å². The van der Waals surface area contributed by atoms with Crippen molar-refractivity contribution >= 4 is 32.7 Å². The van der Waals surface area contributed by atoms with Gasteiger partial charge < -0.3 is 4.98 Å². The predicted octanol–water partition coefficient (Wildman–Crippen LogP) is 4.52. The summed E-state index contributed by atoms with van der Waals surface area (Å²) in [5.74, 6) is -0.627. The molecule has 0 aliphatic carbocycles. The van der Waals surface area contributed by atoms with E-state index in [1.165, 1.54) is 35.2 Å². The first-order valence-electron chi connectivity index (χ1n) is 8.96. The van der Waals surface area contributed by atoms with Crippen molar-refractivity contribution in [2.24, 2.45) is 0 Å². The Morgan fingerprint density at radius 2 is 1.86 bits per heavy atom. The topological polar surface area (TPSA) is 63.6 Å². The van der Waals surface area contributed by atoms with E-state index in [9.17, 15) is 13.6 Å². The molecule has 0 aliphatic heterocycles. The first-order chi connectivity index (χ1) is 14.1. The van der Waals surface area contributed by atoms with Gasteiger partial charge in [0.05, 0.1) is 6.33 Å². The second-order valence-electron chi connectivity index (χ2n) is 6.71. The Morgan fingerprint density at radius 1 is 1.07 bits per heavy atom. The number of nitrogens with one attached hydrogen (secondary N) is 1. The molecule has 0 saturated carbocycles. The van der Waals surface area contributed by atoms with E-state index < -0.39 is 0 Å². The van der Waals surface area contributed by atoms with Crippen LogP contribution in [0.2, 0.25) is 0 Å². The van der Waals surface area contributed by atoms with E-state index >= 15 is 0 Å². The third kappa shape index (κ3) is 3.11. The fourth-order valence-corrected chi connectivity index (χ4v) is 4.22. The highest BCUT2D eigenvalue weighted by molar-refractivity contribution is 7.13. The second-order valence-corrected chi connectivity index (χ2v) is 7.49. The summed E-state index contributed by atoms with van der Waals surface area (Å²) in [6.07, 6.45) is 3.89. The maximum atomic E-state index is 13.6. The van der Waals surface area contributed by atoms with Gasteiger partial charge in [-0.25, -0.2) is 13.8 Å². The molecule has 0 radical (unpaired) electrons. The zero-order chi connectivity index (χ0) is 20.0. The standard InChI is InChI=1S/C21H14F2N4OS/c22-14-3-1-12(2-4-14)18-19-20(29-26-18)21(28)27(11-25-19)8-7-13-10-24-17-6-5-15(23)9-16(13)17/h1-6,9-11,24H,7-8H2. The molecule has 0 saturated heterocycles. The number of hydrogen-bond acceptors (Lipinski definition) is 4. The number of fused-ring (bicyclic) bond motifs is 2. The van der Waals surface area contributed by atoms with Crippen LogP contribution in [-0.2, 0) is 13.0 Å². The number of halogens is 2. The second kappa shape index (κ2) is 6.89. The molecule has 5 nitrogen and oxygen atoms in total. The Bertz CT molecular complexity index is 1400. The van der Waals surface area contributed by atoms with Crippen molar-refractivity contribution in [3.63, 3.8) is 0 Å². The van der Waals surface area contributed by atoms with E-state index in [2.05, 4.69) is 14.3 Å². The number of rotatable bonds is 4. The summed E-state index contributed by atoms with van der Waals surface area (Å²) in [6.45, 7) is 0.412. The summed E-state index contributed by atoms with van der Waals surface area (Å²) in [4.78, 5) is 20.4. The zero-order valence-corrected chi connectivity index (χ0v) is 15.8. The van der Waals surface area contributed by atoms with Crippen molar-refractivity contribution in [3.05, 3.63) is 82.5 Å². The molecule has 2 aromatic carbocycles. The maximum absolute atomic E-state index is 13.6. The zero-order valence-electron chi connectivity index (χ0n) is 15.0.